The summed E-state index contributed by atoms with van der Waals surface area (Å²) in [6.45, 7) is 7.19. The first-order valence-corrected chi connectivity index (χ1v) is 7.30. The van der Waals surface area contributed by atoms with Crippen LogP contribution in [0.1, 0.15) is 39.5 Å². The lowest BCUT2D eigenvalue weighted by Gasteiger charge is -2.35. The highest BCUT2D eigenvalue weighted by molar-refractivity contribution is 5.77. The van der Waals surface area contributed by atoms with E-state index in [0.717, 1.165) is 26.1 Å². The summed E-state index contributed by atoms with van der Waals surface area (Å²) >= 11 is 0. The van der Waals surface area contributed by atoms with E-state index in [9.17, 15) is 4.79 Å². The molecule has 1 heterocycles. The summed E-state index contributed by atoms with van der Waals surface area (Å²) in [6.07, 6.45) is 5.20. The van der Waals surface area contributed by atoms with Crippen molar-refractivity contribution in [2.24, 2.45) is 5.92 Å². The summed E-state index contributed by atoms with van der Waals surface area (Å²) < 4.78 is 5.85. The number of piperazine rings is 1. The summed E-state index contributed by atoms with van der Waals surface area (Å²) in [4.78, 5) is 14.1. The Morgan fingerprint density at radius 2 is 2.11 bits per heavy atom. The Kier molecular flexibility index (Phi) is 5.01. The molecule has 0 aromatic rings. The molecule has 2 unspecified atom stereocenters. The molecule has 2 fully saturated rings. The number of ether oxygens (including phenoxy) is 1. The molecule has 2 aliphatic rings. The van der Waals surface area contributed by atoms with Crippen molar-refractivity contribution in [1.29, 1.82) is 0 Å². The van der Waals surface area contributed by atoms with E-state index in [1.165, 1.54) is 19.3 Å². The summed E-state index contributed by atoms with van der Waals surface area (Å²) in [6, 6.07) is 0.290. The molecule has 3 atom stereocenters. The normalized spacial score (nSPS) is 33.4. The third-order valence-corrected chi connectivity index (χ3v) is 4.28. The quantitative estimate of drug-likeness (QED) is 0.828. The van der Waals surface area contributed by atoms with Gasteiger partial charge in [0.15, 0.2) is 0 Å². The molecule has 1 aliphatic carbocycles. The largest absolute Gasteiger partial charge is 0.368 e. The number of amides is 1. The minimum Gasteiger partial charge on any atom is -0.368 e. The molecule has 4 heteroatoms. The fraction of sp³-hybridized carbons (Fsp3) is 0.929. The molecule has 0 aromatic carbocycles. The van der Waals surface area contributed by atoms with Gasteiger partial charge in [-0.25, -0.2) is 0 Å². The highest BCUT2D eigenvalue weighted by atomic mass is 16.5. The lowest BCUT2D eigenvalue weighted by atomic mass is 9.88. The number of hydrogen-bond acceptors (Lipinski definition) is 3. The first-order chi connectivity index (χ1) is 8.68. The number of nitrogens with zero attached hydrogens (tertiary/aromatic N) is 1. The Bertz CT molecular complexity index is 283. The summed E-state index contributed by atoms with van der Waals surface area (Å²) in [5, 5.41) is 3.30. The smallest absolute Gasteiger partial charge is 0.248 e. The van der Waals surface area contributed by atoms with E-state index in [1.807, 2.05) is 4.90 Å². The fourth-order valence-corrected chi connectivity index (χ4v) is 3.00. The molecule has 2 rings (SSSR count). The molecule has 1 saturated heterocycles. The molecule has 1 saturated carbocycles. The Hall–Kier alpha value is -0.610. The van der Waals surface area contributed by atoms with Gasteiger partial charge in [-0.15, -0.1) is 0 Å². The van der Waals surface area contributed by atoms with Gasteiger partial charge >= 0.3 is 0 Å². The van der Waals surface area contributed by atoms with E-state index >= 15 is 0 Å². The molecule has 1 N–H and O–H groups in total. The minimum absolute atomic E-state index is 0.154. The van der Waals surface area contributed by atoms with E-state index in [-0.39, 0.29) is 12.5 Å². The van der Waals surface area contributed by atoms with Crippen LogP contribution in [0.15, 0.2) is 0 Å². The van der Waals surface area contributed by atoms with Crippen molar-refractivity contribution in [3.63, 3.8) is 0 Å². The van der Waals surface area contributed by atoms with Crippen LogP contribution in [-0.4, -0.2) is 49.2 Å². The van der Waals surface area contributed by atoms with Gasteiger partial charge in [-0.1, -0.05) is 19.8 Å². The van der Waals surface area contributed by atoms with E-state index in [0.29, 0.717) is 18.1 Å². The van der Waals surface area contributed by atoms with Crippen molar-refractivity contribution >= 4 is 5.91 Å². The lowest BCUT2D eigenvalue weighted by molar-refractivity contribution is -0.142. The van der Waals surface area contributed by atoms with Crippen molar-refractivity contribution in [1.82, 2.24) is 10.2 Å². The van der Waals surface area contributed by atoms with Crippen LogP contribution in [0.4, 0.5) is 0 Å². The lowest BCUT2D eigenvalue weighted by Crippen LogP contribution is -2.53. The SMILES string of the molecule is CC1CCCCC1OCC(=O)N1CCNC[C@@H]1C. The van der Waals surface area contributed by atoms with E-state index in [4.69, 9.17) is 4.74 Å². The molecule has 18 heavy (non-hydrogen) atoms. The maximum atomic E-state index is 12.1. The molecule has 104 valence electrons. The third kappa shape index (κ3) is 3.45. The van der Waals surface area contributed by atoms with Gasteiger partial charge < -0.3 is 15.0 Å². The first kappa shape index (κ1) is 13.8. The predicted molar refractivity (Wildman–Crippen MR) is 71.4 cm³/mol. The highest BCUT2D eigenvalue weighted by Gasteiger charge is 2.26. The molecule has 0 spiro atoms. The second-order valence-corrected chi connectivity index (χ2v) is 5.75. The van der Waals surface area contributed by atoms with Crippen LogP contribution in [0.3, 0.4) is 0 Å². The molecule has 0 aromatic heterocycles. The zero-order chi connectivity index (χ0) is 13.0. The average molecular weight is 254 g/mol. The summed E-state index contributed by atoms with van der Waals surface area (Å²) in [5.74, 6) is 0.758. The summed E-state index contributed by atoms with van der Waals surface area (Å²) in [5.41, 5.74) is 0. The third-order valence-electron chi connectivity index (χ3n) is 4.28. The van der Waals surface area contributed by atoms with Crippen LogP contribution in [0.25, 0.3) is 0 Å². The molecular weight excluding hydrogens is 228 g/mol. The van der Waals surface area contributed by atoms with E-state index in [1.54, 1.807) is 0 Å². The Balaban J connectivity index is 1.76. The number of nitrogens with one attached hydrogen (secondary N) is 1. The van der Waals surface area contributed by atoms with Crippen LogP contribution >= 0.6 is 0 Å². The van der Waals surface area contributed by atoms with Crippen molar-refractivity contribution in [3.8, 4) is 0 Å². The summed E-state index contributed by atoms with van der Waals surface area (Å²) in [7, 11) is 0. The van der Waals surface area contributed by atoms with Crippen LogP contribution in [0, 0.1) is 5.92 Å². The number of carbonyl (C=O) groups excluding carboxylic acids is 1. The second-order valence-electron chi connectivity index (χ2n) is 5.75. The topological polar surface area (TPSA) is 41.6 Å². The van der Waals surface area contributed by atoms with Crippen molar-refractivity contribution < 1.29 is 9.53 Å². The second kappa shape index (κ2) is 6.53. The Morgan fingerprint density at radius 1 is 1.33 bits per heavy atom. The highest BCUT2D eigenvalue weighted by Crippen LogP contribution is 2.26. The van der Waals surface area contributed by atoms with Gasteiger partial charge in [-0.2, -0.15) is 0 Å². The molecule has 4 nitrogen and oxygen atoms in total. The first-order valence-electron chi connectivity index (χ1n) is 7.30. The molecular formula is C14H26N2O2. The maximum absolute atomic E-state index is 12.1. The fourth-order valence-electron chi connectivity index (χ4n) is 3.00. The standard InChI is InChI=1S/C14H26N2O2/c1-11-5-3-4-6-13(11)18-10-14(17)16-8-7-15-9-12(16)2/h11-13,15H,3-10H2,1-2H3/t11?,12-,13?/m0/s1. The maximum Gasteiger partial charge on any atom is 0.248 e. The number of carbonyl (C=O) groups is 1. The van der Waals surface area contributed by atoms with Crippen LogP contribution in [0.2, 0.25) is 0 Å². The Morgan fingerprint density at radius 3 is 2.83 bits per heavy atom. The predicted octanol–water partition coefficient (Wildman–Crippen LogP) is 1.40. The van der Waals surface area contributed by atoms with Crippen LogP contribution in [-0.2, 0) is 9.53 Å². The van der Waals surface area contributed by atoms with Gasteiger partial charge in [0.2, 0.25) is 5.91 Å². The van der Waals surface area contributed by atoms with Crippen molar-refractivity contribution in [2.75, 3.05) is 26.2 Å². The van der Waals surface area contributed by atoms with E-state index < -0.39 is 0 Å². The molecule has 1 amide bonds. The zero-order valence-corrected chi connectivity index (χ0v) is 11.7. The molecule has 1 aliphatic heterocycles. The minimum atomic E-state index is 0.154. The van der Waals surface area contributed by atoms with Crippen molar-refractivity contribution in [3.05, 3.63) is 0 Å². The van der Waals surface area contributed by atoms with Gasteiger partial charge in [0.1, 0.15) is 6.61 Å². The van der Waals surface area contributed by atoms with Crippen LogP contribution < -0.4 is 5.32 Å². The number of hydrogen-bond donors (Lipinski definition) is 1. The van der Waals surface area contributed by atoms with Crippen molar-refractivity contribution in [2.45, 2.75) is 51.7 Å². The van der Waals surface area contributed by atoms with Crippen LogP contribution in [0.5, 0.6) is 0 Å². The van der Waals surface area contributed by atoms with Gasteiger partial charge in [-0.05, 0) is 25.7 Å². The van der Waals surface area contributed by atoms with Gasteiger partial charge in [0.05, 0.1) is 6.10 Å². The molecule has 0 bridgehead atoms. The number of rotatable bonds is 3. The van der Waals surface area contributed by atoms with Gasteiger partial charge in [0, 0.05) is 25.7 Å². The van der Waals surface area contributed by atoms with Gasteiger partial charge in [0.25, 0.3) is 0 Å². The molecule has 0 radical (unpaired) electrons. The Labute approximate surface area is 110 Å². The average Bonchev–Trinajstić information content (AvgIpc) is 2.38. The van der Waals surface area contributed by atoms with E-state index in [2.05, 4.69) is 19.2 Å². The monoisotopic (exact) mass is 254 g/mol. The van der Waals surface area contributed by atoms with Gasteiger partial charge in [-0.3, -0.25) is 4.79 Å². The zero-order valence-electron chi connectivity index (χ0n) is 11.7.